The van der Waals surface area contributed by atoms with Crippen molar-refractivity contribution in [3.05, 3.63) is 0 Å². The van der Waals surface area contributed by atoms with Gasteiger partial charge in [0.25, 0.3) is 0 Å². The van der Waals surface area contributed by atoms with E-state index < -0.39 is 6.09 Å². The van der Waals surface area contributed by atoms with Crippen LogP contribution in [0.3, 0.4) is 0 Å². The molecule has 2 atom stereocenters. The summed E-state index contributed by atoms with van der Waals surface area (Å²) in [6.45, 7) is 3.92. The molecule has 1 amide bonds. The summed E-state index contributed by atoms with van der Waals surface area (Å²) in [7, 11) is 1.49. The normalized spacial score (nSPS) is 29.2. The summed E-state index contributed by atoms with van der Waals surface area (Å²) in [6, 6.07) is 0. The average molecular weight is 218 g/mol. The van der Waals surface area contributed by atoms with Crippen molar-refractivity contribution in [2.45, 2.75) is 31.8 Å². The number of oxime groups is 1. The first kappa shape index (κ1) is 11.3. The van der Waals surface area contributed by atoms with Gasteiger partial charge in [-0.1, -0.05) is 23.8 Å². The van der Waals surface area contributed by atoms with Crippen LogP contribution < -0.4 is 5.32 Å². The van der Waals surface area contributed by atoms with E-state index in [1.807, 2.05) is 13.8 Å². The second-order valence-electron chi connectivity index (χ2n) is 2.79. The minimum Gasteiger partial charge on any atom is -0.357 e. The summed E-state index contributed by atoms with van der Waals surface area (Å²) < 4.78 is 5.51. The van der Waals surface area contributed by atoms with Gasteiger partial charge in [0.2, 0.25) is 0 Å². The number of amides is 1. The van der Waals surface area contributed by atoms with Crippen LogP contribution in [0.5, 0.6) is 0 Å². The molecule has 0 aromatic rings. The fourth-order valence-electron chi connectivity index (χ4n) is 0.952. The Morgan fingerprint density at radius 1 is 1.79 bits per heavy atom. The largest absolute Gasteiger partial charge is 0.433 e. The van der Waals surface area contributed by atoms with Crippen molar-refractivity contribution in [2.24, 2.45) is 5.16 Å². The van der Waals surface area contributed by atoms with Gasteiger partial charge < -0.3 is 10.1 Å². The Bertz CT molecular complexity index is 245. The Kier molecular flexibility index (Phi) is 4.21. The van der Waals surface area contributed by atoms with Gasteiger partial charge >= 0.3 is 6.09 Å². The van der Waals surface area contributed by atoms with Crippen LogP contribution in [-0.4, -0.2) is 29.7 Å². The first-order valence-corrected chi connectivity index (χ1v) is 5.34. The van der Waals surface area contributed by atoms with E-state index in [0.29, 0.717) is 5.04 Å². The zero-order valence-electron chi connectivity index (χ0n) is 8.44. The molecule has 1 rings (SSSR count). The fourth-order valence-corrected chi connectivity index (χ4v) is 1.94. The molecule has 1 saturated heterocycles. The van der Waals surface area contributed by atoms with Gasteiger partial charge in [0, 0.05) is 7.05 Å². The first-order chi connectivity index (χ1) is 6.67. The minimum atomic E-state index is -0.565. The SMILES string of the molecule is CCC1OC(C)/C(=N\OC(=O)NC)S1. The molecule has 6 heteroatoms. The Labute approximate surface area is 87.2 Å². The lowest BCUT2D eigenvalue weighted by atomic mass is 10.4. The van der Waals surface area contributed by atoms with E-state index in [4.69, 9.17) is 4.74 Å². The highest BCUT2D eigenvalue weighted by Crippen LogP contribution is 2.29. The van der Waals surface area contributed by atoms with E-state index in [0.717, 1.165) is 6.42 Å². The highest BCUT2D eigenvalue weighted by atomic mass is 32.2. The number of thioether (sulfide) groups is 1. The second kappa shape index (κ2) is 5.21. The molecule has 5 nitrogen and oxygen atoms in total. The Morgan fingerprint density at radius 3 is 3.00 bits per heavy atom. The maximum atomic E-state index is 10.7. The zero-order valence-corrected chi connectivity index (χ0v) is 9.26. The van der Waals surface area contributed by atoms with E-state index in [-0.39, 0.29) is 11.5 Å². The van der Waals surface area contributed by atoms with E-state index >= 15 is 0 Å². The maximum Gasteiger partial charge on any atom is 0.433 e. The third kappa shape index (κ3) is 2.88. The Morgan fingerprint density at radius 2 is 2.50 bits per heavy atom. The molecular weight excluding hydrogens is 204 g/mol. The van der Waals surface area contributed by atoms with Crippen molar-refractivity contribution in [1.29, 1.82) is 0 Å². The van der Waals surface area contributed by atoms with Gasteiger partial charge in [-0.25, -0.2) is 4.79 Å². The molecule has 1 heterocycles. The summed E-state index contributed by atoms with van der Waals surface area (Å²) in [4.78, 5) is 15.3. The van der Waals surface area contributed by atoms with E-state index in [1.165, 1.54) is 18.8 Å². The van der Waals surface area contributed by atoms with Gasteiger partial charge in [-0.05, 0) is 13.3 Å². The maximum absolute atomic E-state index is 10.7. The lowest BCUT2D eigenvalue weighted by Gasteiger charge is -2.03. The van der Waals surface area contributed by atoms with Crippen molar-refractivity contribution in [1.82, 2.24) is 5.32 Å². The fraction of sp³-hybridized carbons (Fsp3) is 0.750. The van der Waals surface area contributed by atoms with Gasteiger partial charge in [0.05, 0.1) is 0 Å². The Hall–Kier alpha value is -0.750. The molecule has 80 valence electrons. The second-order valence-corrected chi connectivity index (χ2v) is 3.97. The lowest BCUT2D eigenvalue weighted by molar-refractivity contribution is 0.0953. The van der Waals surface area contributed by atoms with Crippen LogP contribution in [-0.2, 0) is 9.57 Å². The van der Waals surface area contributed by atoms with Crippen LogP contribution in [0.2, 0.25) is 0 Å². The van der Waals surface area contributed by atoms with Crippen molar-refractivity contribution in [3.63, 3.8) is 0 Å². The molecule has 0 saturated carbocycles. The molecule has 1 fully saturated rings. The van der Waals surface area contributed by atoms with Crippen LogP contribution in [0.15, 0.2) is 5.16 Å². The summed E-state index contributed by atoms with van der Waals surface area (Å²) in [5, 5.41) is 6.74. The molecule has 14 heavy (non-hydrogen) atoms. The molecule has 0 aromatic carbocycles. The number of nitrogens with one attached hydrogen (secondary N) is 1. The van der Waals surface area contributed by atoms with Gasteiger partial charge in [0.15, 0.2) is 0 Å². The number of ether oxygens (including phenoxy) is 1. The Balaban J connectivity index is 2.48. The summed E-state index contributed by atoms with van der Waals surface area (Å²) in [5.74, 6) is 0. The van der Waals surface area contributed by atoms with Crippen molar-refractivity contribution < 1.29 is 14.4 Å². The van der Waals surface area contributed by atoms with Gasteiger partial charge in [-0.3, -0.25) is 4.84 Å². The molecule has 0 bridgehead atoms. The highest BCUT2D eigenvalue weighted by molar-refractivity contribution is 8.14. The monoisotopic (exact) mass is 218 g/mol. The third-order valence-electron chi connectivity index (χ3n) is 1.71. The number of hydrogen-bond acceptors (Lipinski definition) is 5. The van der Waals surface area contributed by atoms with Crippen molar-refractivity contribution in [3.8, 4) is 0 Å². The number of carbonyl (C=O) groups excluding carboxylic acids is 1. The highest BCUT2D eigenvalue weighted by Gasteiger charge is 2.28. The summed E-state index contributed by atoms with van der Waals surface area (Å²) in [5.41, 5.74) is 0.122. The van der Waals surface area contributed by atoms with Gasteiger partial charge in [-0.15, -0.1) is 0 Å². The van der Waals surface area contributed by atoms with Crippen LogP contribution in [0.1, 0.15) is 20.3 Å². The predicted molar refractivity (Wildman–Crippen MR) is 55.2 cm³/mol. The molecule has 0 aromatic heterocycles. The average Bonchev–Trinajstić information content (AvgIpc) is 2.55. The van der Waals surface area contributed by atoms with Crippen LogP contribution in [0.25, 0.3) is 0 Å². The van der Waals surface area contributed by atoms with Crippen LogP contribution in [0, 0.1) is 0 Å². The van der Waals surface area contributed by atoms with Crippen molar-refractivity contribution in [2.75, 3.05) is 7.05 Å². The first-order valence-electron chi connectivity index (χ1n) is 4.46. The molecule has 2 unspecified atom stereocenters. The van der Waals surface area contributed by atoms with E-state index in [9.17, 15) is 4.79 Å². The van der Waals surface area contributed by atoms with Gasteiger partial charge in [-0.2, -0.15) is 0 Å². The molecule has 0 aliphatic carbocycles. The third-order valence-corrected chi connectivity index (χ3v) is 3.07. The topological polar surface area (TPSA) is 59.9 Å². The molecular formula is C8H14N2O3S. The molecule has 0 spiro atoms. The quantitative estimate of drug-likeness (QED) is 0.564. The van der Waals surface area contributed by atoms with Crippen molar-refractivity contribution >= 4 is 22.9 Å². The van der Waals surface area contributed by atoms with Crippen LogP contribution in [0.4, 0.5) is 4.79 Å². The molecule has 1 aliphatic heterocycles. The number of carbonyl (C=O) groups is 1. The molecule has 1 aliphatic rings. The van der Waals surface area contributed by atoms with Crippen LogP contribution >= 0.6 is 11.8 Å². The smallest absolute Gasteiger partial charge is 0.357 e. The number of hydrogen-bond donors (Lipinski definition) is 1. The number of rotatable bonds is 2. The summed E-state index contributed by atoms with van der Waals surface area (Å²) in [6.07, 6.45) is 0.258. The predicted octanol–water partition coefficient (Wildman–Crippen LogP) is 1.54. The zero-order chi connectivity index (χ0) is 10.6. The molecule has 0 radical (unpaired) electrons. The summed E-state index contributed by atoms with van der Waals surface area (Å²) >= 11 is 1.49. The van der Waals surface area contributed by atoms with E-state index in [1.54, 1.807) is 0 Å². The molecule has 1 N–H and O–H groups in total. The standard InChI is InChI=1S/C8H14N2O3S/c1-4-6-12-5(2)7(14-6)10-13-8(11)9-3/h5-6H,4H2,1-3H3,(H,9,11)/b10-7+. The van der Waals surface area contributed by atoms with E-state index in [2.05, 4.69) is 15.3 Å². The minimum absolute atomic E-state index is 0.0883. The number of nitrogens with zero attached hydrogens (tertiary/aromatic N) is 1. The lowest BCUT2D eigenvalue weighted by Crippen LogP contribution is -2.18. The van der Waals surface area contributed by atoms with Gasteiger partial charge in [0.1, 0.15) is 16.6 Å².